The van der Waals surface area contributed by atoms with Crippen molar-refractivity contribution in [1.29, 1.82) is 0 Å². The molecule has 0 N–H and O–H groups in total. The van der Waals surface area contributed by atoms with E-state index in [1.165, 1.54) is 6.07 Å². The quantitative estimate of drug-likeness (QED) is 0.723. The van der Waals surface area contributed by atoms with Crippen LogP contribution in [0.15, 0.2) is 12.1 Å². The lowest BCUT2D eigenvalue weighted by Gasteiger charge is -2.21. The minimum Gasteiger partial charge on any atom is -0.434 e. The molecule has 1 aromatic carbocycles. The number of rotatable bonds is 3. The van der Waals surface area contributed by atoms with E-state index in [9.17, 15) is 9.18 Å². The fraction of sp³-hybridized carbons (Fsp3) is 0.474. The number of carbonyl (C=O) groups is 1. The van der Waals surface area contributed by atoms with Gasteiger partial charge < -0.3 is 9.47 Å². The lowest BCUT2D eigenvalue weighted by atomic mass is 9.86. The summed E-state index contributed by atoms with van der Waals surface area (Å²) in [7, 11) is 0. The number of pyridine rings is 1. The Labute approximate surface area is 142 Å². The molecule has 0 bridgehead atoms. The molecule has 0 saturated heterocycles. The van der Waals surface area contributed by atoms with Crippen molar-refractivity contribution in [3.05, 3.63) is 34.8 Å². The van der Waals surface area contributed by atoms with E-state index in [1.54, 1.807) is 13.8 Å². The molecule has 2 rings (SSSR count). The summed E-state index contributed by atoms with van der Waals surface area (Å²) >= 11 is 0. The van der Waals surface area contributed by atoms with Crippen LogP contribution in [0.3, 0.4) is 0 Å². The van der Waals surface area contributed by atoms with E-state index in [2.05, 4.69) is 4.98 Å². The summed E-state index contributed by atoms with van der Waals surface area (Å²) in [6, 6.07) is 3.32. The summed E-state index contributed by atoms with van der Waals surface area (Å²) in [5.41, 5.74) is 2.08. The zero-order valence-corrected chi connectivity index (χ0v) is 15.1. The maximum atomic E-state index is 14.6. The summed E-state index contributed by atoms with van der Waals surface area (Å²) in [5, 5.41) is 0.483. The van der Waals surface area contributed by atoms with E-state index in [1.807, 2.05) is 33.8 Å². The van der Waals surface area contributed by atoms with Crippen LogP contribution in [0.25, 0.3) is 10.9 Å². The number of aromatic nitrogens is 1. The van der Waals surface area contributed by atoms with Gasteiger partial charge in [0.25, 0.3) is 0 Å². The van der Waals surface area contributed by atoms with Crippen molar-refractivity contribution in [3.8, 4) is 5.75 Å². The number of halogens is 1. The number of benzene rings is 1. The Morgan fingerprint density at radius 2 is 1.92 bits per heavy atom. The number of aryl methyl sites for hydroxylation is 1. The highest BCUT2D eigenvalue weighted by Crippen LogP contribution is 2.35. The minimum absolute atomic E-state index is 0.199. The first-order chi connectivity index (χ1) is 11.1. The van der Waals surface area contributed by atoms with E-state index >= 15 is 0 Å². The van der Waals surface area contributed by atoms with Crippen LogP contribution in [0, 0.1) is 19.7 Å². The van der Waals surface area contributed by atoms with E-state index in [0.29, 0.717) is 28.8 Å². The molecular weight excluding hydrogens is 309 g/mol. The summed E-state index contributed by atoms with van der Waals surface area (Å²) in [6.45, 7) is 11.7. The normalized spacial score (nSPS) is 11.6. The lowest BCUT2D eigenvalue weighted by Crippen LogP contribution is -2.14. The SMILES string of the molecule is CCCOC(=O)Oc1c(C)c(C)nc2c(F)cc(C(C)(C)C)cc12. The highest BCUT2D eigenvalue weighted by molar-refractivity contribution is 5.89. The molecule has 0 spiro atoms. The van der Waals surface area contributed by atoms with Crippen molar-refractivity contribution in [2.45, 2.75) is 53.4 Å². The second-order valence-corrected chi connectivity index (χ2v) is 6.96. The van der Waals surface area contributed by atoms with Gasteiger partial charge in [0.05, 0.1) is 6.61 Å². The lowest BCUT2D eigenvalue weighted by molar-refractivity contribution is 0.0994. The van der Waals surface area contributed by atoms with E-state index in [0.717, 1.165) is 5.56 Å². The zero-order chi connectivity index (χ0) is 18.1. The Balaban J connectivity index is 2.64. The van der Waals surface area contributed by atoms with Gasteiger partial charge in [-0.25, -0.2) is 14.2 Å². The van der Waals surface area contributed by atoms with Gasteiger partial charge in [-0.1, -0.05) is 27.7 Å². The molecule has 0 aliphatic carbocycles. The minimum atomic E-state index is -0.784. The van der Waals surface area contributed by atoms with Crippen LogP contribution >= 0.6 is 0 Å². The third-order valence-electron chi connectivity index (χ3n) is 3.95. The van der Waals surface area contributed by atoms with Gasteiger partial charge in [0, 0.05) is 16.6 Å². The van der Waals surface area contributed by atoms with Crippen LogP contribution in [0.2, 0.25) is 0 Å². The first kappa shape index (κ1) is 18.2. The van der Waals surface area contributed by atoms with Gasteiger partial charge >= 0.3 is 6.16 Å². The Morgan fingerprint density at radius 3 is 2.50 bits per heavy atom. The molecule has 2 aromatic rings. The predicted octanol–water partition coefficient (Wildman–Crippen LogP) is 5.21. The zero-order valence-electron chi connectivity index (χ0n) is 15.1. The summed E-state index contributed by atoms with van der Waals surface area (Å²) in [5.74, 6) is -0.115. The van der Waals surface area contributed by atoms with Crippen LogP contribution in [0.4, 0.5) is 9.18 Å². The number of hydrogen-bond acceptors (Lipinski definition) is 4. The number of fused-ring (bicyclic) bond motifs is 1. The van der Waals surface area contributed by atoms with Gasteiger partial charge in [-0.05, 0) is 43.4 Å². The van der Waals surface area contributed by atoms with Crippen molar-refractivity contribution in [2.75, 3.05) is 6.61 Å². The van der Waals surface area contributed by atoms with Crippen molar-refractivity contribution < 1.29 is 18.7 Å². The third kappa shape index (κ3) is 3.66. The maximum Gasteiger partial charge on any atom is 0.513 e. The van der Waals surface area contributed by atoms with E-state index < -0.39 is 12.0 Å². The summed E-state index contributed by atoms with van der Waals surface area (Å²) < 4.78 is 25.0. The van der Waals surface area contributed by atoms with Crippen molar-refractivity contribution >= 4 is 17.1 Å². The fourth-order valence-corrected chi connectivity index (χ4v) is 2.37. The molecule has 0 aliphatic rings. The first-order valence-electron chi connectivity index (χ1n) is 8.10. The predicted molar refractivity (Wildman–Crippen MR) is 92.1 cm³/mol. The smallest absolute Gasteiger partial charge is 0.434 e. The van der Waals surface area contributed by atoms with Gasteiger partial charge in [-0.2, -0.15) is 0 Å². The van der Waals surface area contributed by atoms with Crippen molar-refractivity contribution in [1.82, 2.24) is 4.98 Å². The highest BCUT2D eigenvalue weighted by atomic mass is 19.1. The highest BCUT2D eigenvalue weighted by Gasteiger charge is 2.22. The van der Waals surface area contributed by atoms with Crippen LogP contribution < -0.4 is 4.74 Å². The number of hydrogen-bond donors (Lipinski definition) is 0. The van der Waals surface area contributed by atoms with Gasteiger partial charge in [0.2, 0.25) is 0 Å². The molecule has 4 nitrogen and oxygen atoms in total. The molecule has 1 heterocycles. The molecule has 0 saturated carbocycles. The summed E-state index contributed by atoms with van der Waals surface area (Å²) in [6.07, 6.45) is -0.0825. The Morgan fingerprint density at radius 1 is 1.25 bits per heavy atom. The second-order valence-electron chi connectivity index (χ2n) is 6.96. The molecule has 0 radical (unpaired) electrons. The topological polar surface area (TPSA) is 48.4 Å². The Kier molecular flexibility index (Phi) is 5.11. The van der Waals surface area contributed by atoms with Gasteiger partial charge in [0.15, 0.2) is 0 Å². The third-order valence-corrected chi connectivity index (χ3v) is 3.95. The number of carbonyl (C=O) groups excluding carboxylic acids is 1. The fourth-order valence-electron chi connectivity index (χ4n) is 2.37. The molecule has 0 aliphatic heterocycles. The molecule has 0 amide bonds. The first-order valence-corrected chi connectivity index (χ1v) is 8.10. The van der Waals surface area contributed by atoms with E-state index in [4.69, 9.17) is 9.47 Å². The van der Waals surface area contributed by atoms with E-state index in [-0.39, 0.29) is 17.5 Å². The van der Waals surface area contributed by atoms with Crippen molar-refractivity contribution in [2.24, 2.45) is 0 Å². The molecule has 0 fully saturated rings. The van der Waals surface area contributed by atoms with Gasteiger partial charge in [-0.3, -0.25) is 0 Å². The van der Waals surface area contributed by atoms with Gasteiger partial charge in [-0.15, -0.1) is 0 Å². The summed E-state index contributed by atoms with van der Waals surface area (Å²) in [4.78, 5) is 16.2. The molecule has 130 valence electrons. The molecule has 5 heteroatoms. The van der Waals surface area contributed by atoms with Gasteiger partial charge in [0.1, 0.15) is 17.1 Å². The monoisotopic (exact) mass is 333 g/mol. The maximum absolute atomic E-state index is 14.6. The Hall–Kier alpha value is -2.17. The average molecular weight is 333 g/mol. The second kappa shape index (κ2) is 6.75. The van der Waals surface area contributed by atoms with Crippen LogP contribution in [0.5, 0.6) is 5.75 Å². The standard InChI is InChI=1S/C19H24FNO3/c1-7-8-23-18(22)24-17-11(2)12(3)21-16-14(17)9-13(10-15(16)20)19(4,5)6/h9-10H,7-8H2,1-6H3. The molecule has 24 heavy (non-hydrogen) atoms. The number of nitrogens with zero attached hydrogens (tertiary/aromatic N) is 1. The average Bonchev–Trinajstić information content (AvgIpc) is 2.49. The molecule has 0 unspecified atom stereocenters. The largest absolute Gasteiger partial charge is 0.513 e. The molecular formula is C19H24FNO3. The van der Waals surface area contributed by atoms with Crippen LogP contribution in [-0.4, -0.2) is 17.7 Å². The molecule has 0 atom stereocenters. The molecule has 1 aromatic heterocycles. The Bertz CT molecular complexity index is 779. The van der Waals surface area contributed by atoms with Crippen LogP contribution in [0.1, 0.15) is 50.9 Å². The number of ether oxygens (including phenoxy) is 2. The van der Waals surface area contributed by atoms with Crippen LogP contribution in [-0.2, 0) is 10.2 Å². The van der Waals surface area contributed by atoms with Crippen molar-refractivity contribution in [3.63, 3.8) is 0 Å².